The van der Waals surface area contributed by atoms with Crippen molar-refractivity contribution in [2.75, 3.05) is 19.6 Å². The third-order valence-corrected chi connectivity index (χ3v) is 3.73. The Morgan fingerprint density at radius 2 is 2.09 bits per heavy atom. The summed E-state index contributed by atoms with van der Waals surface area (Å²) in [5, 5.41) is 7.93. The van der Waals surface area contributed by atoms with Gasteiger partial charge < -0.3 is 15.0 Å². The van der Waals surface area contributed by atoms with Crippen LogP contribution < -0.4 is 5.32 Å². The fourth-order valence-corrected chi connectivity index (χ4v) is 2.59. The fourth-order valence-electron chi connectivity index (χ4n) is 2.59. The Morgan fingerprint density at radius 3 is 2.64 bits per heavy atom. The highest BCUT2D eigenvalue weighted by Crippen LogP contribution is 2.15. The van der Waals surface area contributed by atoms with E-state index < -0.39 is 5.60 Å². The molecular weight excluding hydrogens is 280 g/mol. The van der Waals surface area contributed by atoms with Gasteiger partial charge in [0.1, 0.15) is 5.60 Å². The molecule has 0 atom stereocenters. The minimum atomic E-state index is -0.422. The number of amides is 1. The molecule has 1 aliphatic heterocycles. The molecule has 1 saturated heterocycles. The molecule has 6 heteroatoms. The highest BCUT2D eigenvalue weighted by Gasteiger charge is 2.26. The smallest absolute Gasteiger partial charge is 0.410 e. The van der Waals surface area contributed by atoms with Crippen molar-refractivity contribution < 1.29 is 9.53 Å². The second-order valence-electron chi connectivity index (χ2n) is 6.93. The number of carbonyl (C=O) groups excluding carboxylic acids is 1. The molecule has 0 radical (unpaired) electrons. The summed E-state index contributed by atoms with van der Waals surface area (Å²) in [5.74, 6) is 0. The zero-order valence-electron chi connectivity index (χ0n) is 14.1. The maximum absolute atomic E-state index is 12.0. The van der Waals surface area contributed by atoms with Crippen LogP contribution >= 0.6 is 0 Å². The molecule has 1 fully saturated rings. The number of likely N-dealkylation sites (tertiary alicyclic amines) is 1. The first-order chi connectivity index (χ1) is 10.3. The van der Waals surface area contributed by atoms with Crippen molar-refractivity contribution in [3.8, 4) is 0 Å². The second kappa shape index (κ2) is 7.13. The molecule has 0 bridgehead atoms. The average molecular weight is 308 g/mol. The van der Waals surface area contributed by atoms with E-state index in [4.69, 9.17) is 4.74 Å². The Hall–Kier alpha value is -1.56. The van der Waals surface area contributed by atoms with Crippen LogP contribution in [0.15, 0.2) is 12.3 Å². The summed E-state index contributed by atoms with van der Waals surface area (Å²) in [7, 11) is 1.93. The monoisotopic (exact) mass is 308 g/mol. The number of carbonyl (C=O) groups is 1. The number of ether oxygens (including phenoxy) is 1. The van der Waals surface area contributed by atoms with Gasteiger partial charge in [-0.3, -0.25) is 4.68 Å². The highest BCUT2D eigenvalue weighted by molar-refractivity contribution is 5.68. The van der Waals surface area contributed by atoms with Crippen molar-refractivity contribution in [1.29, 1.82) is 0 Å². The second-order valence-corrected chi connectivity index (χ2v) is 6.93. The Morgan fingerprint density at radius 1 is 1.41 bits per heavy atom. The van der Waals surface area contributed by atoms with Crippen LogP contribution in [-0.4, -0.2) is 52.1 Å². The molecule has 0 aliphatic carbocycles. The summed E-state index contributed by atoms with van der Waals surface area (Å²) in [6, 6.07) is 2.52. The van der Waals surface area contributed by atoms with Gasteiger partial charge in [-0.05, 0) is 39.7 Å². The van der Waals surface area contributed by atoms with Gasteiger partial charge in [-0.1, -0.05) is 0 Å². The molecule has 0 spiro atoms. The van der Waals surface area contributed by atoms with E-state index in [2.05, 4.69) is 10.4 Å². The summed E-state index contributed by atoms with van der Waals surface area (Å²) in [5.41, 5.74) is 0.690. The van der Waals surface area contributed by atoms with Gasteiger partial charge in [-0.25, -0.2) is 4.79 Å². The maximum Gasteiger partial charge on any atom is 0.410 e. The maximum atomic E-state index is 12.0. The molecule has 6 nitrogen and oxygen atoms in total. The summed E-state index contributed by atoms with van der Waals surface area (Å²) in [6.45, 7) is 8.14. The number of hydrogen-bond acceptors (Lipinski definition) is 4. The zero-order chi connectivity index (χ0) is 16.2. The first-order valence-electron chi connectivity index (χ1n) is 8.03. The van der Waals surface area contributed by atoms with Crippen LogP contribution in [0.2, 0.25) is 0 Å². The number of aromatic nitrogens is 2. The largest absolute Gasteiger partial charge is 0.444 e. The summed E-state index contributed by atoms with van der Waals surface area (Å²) in [6.07, 6.45) is 4.66. The Bertz CT molecular complexity index is 485. The molecule has 1 aliphatic rings. The van der Waals surface area contributed by atoms with E-state index >= 15 is 0 Å². The van der Waals surface area contributed by atoms with Crippen molar-refractivity contribution in [3.05, 3.63) is 18.0 Å². The van der Waals surface area contributed by atoms with Crippen LogP contribution in [0.1, 0.15) is 39.3 Å². The molecule has 0 unspecified atom stereocenters. The van der Waals surface area contributed by atoms with Crippen molar-refractivity contribution in [3.63, 3.8) is 0 Å². The number of hydrogen-bond donors (Lipinski definition) is 1. The third kappa shape index (κ3) is 5.33. The van der Waals surface area contributed by atoms with Crippen LogP contribution in [-0.2, 0) is 18.2 Å². The SMILES string of the molecule is Cn1ccc(CCNC2CCN(C(=O)OC(C)(C)C)CC2)n1. The van der Waals surface area contributed by atoms with E-state index in [1.165, 1.54) is 0 Å². The van der Waals surface area contributed by atoms with Gasteiger partial charge in [-0.15, -0.1) is 0 Å². The molecule has 1 amide bonds. The predicted molar refractivity (Wildman–Crippen MR) is 85.7 cm³/mol. The van der Waals surface area contributed by atoms with E-state index in [-0.39, 0.29) is 6.09 Å². The standard InChI is InChI=1S/C16H28N4O2/c1-16(2,3)22-15(21)20-11-7-13(8-12-20)17-9-5-14-6-10-19(4)18-14/h6,10,13,17H,5,7-9,11-12H2,1-4H3. The molecule has 1 aromatic heterocycles. The Labute approximate surface area is 132 Å². The van der Waals surface area contributed by atoms with Gasteiger partial charge in [0.2, 0.25) is 0 Å². The summed E-state index contributed by atoms with van der Waals surface area (Å²) in [4.78, 5) is 13.8. The first-order valence-corrected chi connectivity index (χ1v) is 8.03. The van der Waals surface area contributed by atoms with E-state index in [0.717, 1.165) is 44.6 Å². The van der Waals surface area contributed by atoms with Gasteiger partial charge in [0, 0.05) is 45.3 Å². The lowest BCUT2D eigenvalue weighted by Gasteiger charge is -2.33. The number of rotatable bonds is 4. The molecule has 124 valence electrons. The molecule has 2 heterocycles. The number of nitrogens with zero attached hydrogens (tertiary/aromatic N) is 3. The van der Waals surface area contributed by atoms with Crippen molar-refractivity contribution in [2.24, 2.45) is 7.05 Å². The minimum absolute atomic E-state index is 0.195. The Balaban J connectivity index is 1.65. The van der Waals surface area contributed by atoms with E-state index in [0.29, 0.717) is 6.04 Å². The topological polar surface area (TPSA) is 59.4 Å². The molecule has 2 rings (SSSR count). The number of aryl methyl sites for hydroxylation is 1. The van der Waals surface area contributed by atoms with Crippen LogP contribution in [0.25, 0.3) is 0 Å². The van der Waals surface area contributed by atoms with Crippen molar-refractivity contribution in [2.45, 2.75) is 51.7 Å². The van der Waals surface area contributed by atoms with Crippen molar-refractivity contribution in [1.82, 2.24) is 20.0 Å². The quantitative estimate of drug-likeness (QED) is 0.923. The van der Waals surface area contributed by atoms with Gasteiger partial charge in [0.25, 0.3) is 0 Å². The van der Waals surface area contributed by atoms with Crippen molar-refractivity contribution >= 4 is 6.09 Å². The van der Waals surface area contributed by atoms with Crippen LogP contribution in [0.5, 0.6) is 0 Å². The lowest BCUT2D eigenvalue weighted by Crippen LogP contribution is -2.46. The highest BCUT2D eigenvalue weighted by atomic mass is 16.6. The lowest BCUT2D eigenvalue weighted by atomic mass is 10.1. The average Bonchev–Trinajstić information content (AvgIpc) is 2.83. The third-order valence-electron chi connectivity index (χ3n) is 3.73. The molecule has 1 N–H and O–H groups in total. The predicted octanol–water partition coefficient (Wildman–Crippen LogP) is 1.95. The van der Waals surface area contributed by atoms with E-state index in [1.54, 1.807) is 0 Å². The van der Waals surface area contributed by atoms with Gasteiger partial charge in [0.05, 0.1) is 5.69 Å². The minimum Gasteiger partial charge on any atom is -0.444 e. The fraction of sp³-hybridized carbons (Fsp3) is 0.750. The molecule has 1 aromatic rings. The van der Waals surface area contributed by atoms with Gasteiger partial charge >= 0.3 is 6.09 Å². The zero-order valence-corrected chi connectivity index (χ0v) is 14.1. The molecule has 0 aromatic carbocycles. The lowest BCUT2D eigenvalue weighted by molar-refractivity contribution is 0.0198. The van der Waals surface area contributed by atoms with Crippen LogP contribution in [0.3, 0.4) is 0 Å². The normalized spacial score (nSPS) is 16.8. The first kappa shape index (κ1) is 16.8. The van der Waals surface area contributed by atoms with E-state index in [1.807, 2.05) is 49.7 Å². The van der Waals surface area contributed by atoms with Crippen LogP contribution in [0.4, 0.5) is 4.79 Å². The summed E-state index contributed by atoms with van der Waals surface area (Å²) < 4.78 is 7.24. The molecule has 0 saturated carbocycles. The van der Waals surface area contributed by atoms with E-state index in [9.17, 15) is 4.79 Å². The summed E-state index contributed by atoms with van der Waals surface area (Å²) >= 11 is 0. The van der Waals surface area contributed by atoms with Gasteiger partial charge in [-0.2, -0.15) is 5.10 Å². The Kier molecular flexibility index (Phi) is 5.45. The number of piperidine rings is 1. The molecule has 22 heavy (non-hydrogen) atoms. The number of nitrogens with one attached hydrogen (secondary N) is 1. The van der Waals surface area contributed by atoms with Crippen LogP contribution in [0, 0.1) is 0 Å². The molecular formula is C16H28N4O2. The van der Waals surface area contributed by atoms with Gasteiger partial charge in [0.15, 0.2) is 0 Å².